The summed E-state index contributed by atoms with van der Waals surface area (Å²) in [4.78, 5) is 17.4. The van der Waals surface area contributed by atoms with E-state index in [-0.39, 0.29) is 11.6 Å². The maximum atomic E-state index is 12.7. The smallest absolute Gasteiger partial charge is 0.385 e. The van der Waals surface area contributed by atoms with Crippen molar-refractivity contribution in [1.29, 1.82) is 0 Å². The van der Waals surface area contributed by atoms with Gasteiger partial charge in [-0.05, 0) is 32.8 Å². The van der Waals surface area contributed by atoms with Gasteiger partial charge in [0.15, 0.2) is 0 Å². The zero-order chi connectivity index (χ0) is 15.6. The minimum atomic E-state index is -4.39. The van der Waals surface area contributed by atoms with Crippen molar-refractivity contribution in [2.24, 2.45) is 0 Å². The van der Waals surface area contributed by atoms with Gasteiger partial charge >= 0.3 is 6.18 Å². The molecule has 0 aliphatic heterocycles. The first kappa shape index (κ1) is 15.6. The monoisotopic (exact) mass is 301 g/mol. The van der Waals surface area contributed by atoms with Crippen molar-refractivity contribution >= 4 is 11.6 Å². The van der Waals surface area contributed by atoms with E-state index in [1.54, 1.807) is 13.0 Å². The van der Waals surface area contributed by atoms with Crippen molar-refractivity contribution in [1.82, 2.24) is 9.88 Å². The standard InChI is InChI=1S/C14H18F3N3O/c1-3-18-12-6-9(2)19-7-11(12)13(21)20(10-4-5-10)8-14(15,16)17/h6-7,10H,3-5,8H2,1-2H3,(H,18,19). The summed E-state index contributed by atoms with van der Waals surface area (Å²) in [5, 5.41) is 3.01. The Balaban J connectivity index is 2.28. The summed E-state index contributed by atoms with van der Waals surface area (Å²) in [7, 11) is 0. The van der Waals surface area contributed by atoms with Crippen LogP contribution in [-0.2, 0) is 0 Å². The van der Waals surface area contributed by atoms with Crippen LogP contribution < -0.4 is 5.32 Å². The molecule has 0 atom stereocenters. The Morgan fingerprint density at radius 1 is 1.48 bits per heavy atom. The Kier molecular flexibility index (Phi) is 4.39. The Labute approximate surface area is 121 Å². The van der Waals surface area contributed by atoms with Gasteiger partial charge in [-0.2, -0.15) is 13.2 Å². The highest BCUT2D eigenvalue weighted by Crippen LogP contribution is 2.32. The molecular formula is C14H18F3N3O. The van der Waals surface area contributed by atoms with Crippen molar-refractivity contribution in [2.75, 3.05) is 18.4 Å². The highest BCUT2D eigenvalue weighted by molar-refractivity contribution is 5.99. The molecule has 1 heterocycles. The molecule has 1 aliphatic carbocycles. The van der Waals surface area contributed by atoms with Crippen LogP contribution >= 0.6 is 0 Å². The van der Waals surface area contributed by atoms with Crippen molar-refractivity contribution in [3.8, 4) is 0 Å². The van der Waals surface area contributed by atoms with Crippen LogP contribution in [0.1, 0.15) is 35.8 Å². The molecule has 1 saturated carbocycles. The van der Waals surface area contributed by atoms with Gasteiger partial charge in [-0.3, -0.25) is 9.78 Å². The Morgan fingerprint density at radius 2 is 2.14 bits per heavy atom. The number of halogens is 3. The normalized spacial score (nSPS) is 14.9. The number of pyridine rings is 1. The number of anilines is 1. The number of nitrogens with zero attached hydrogens (tertiary/aromatic N) is 2. The minimum absolute atomic E-state index is 0.193. The zero-order valence-corrected chi connectivity index (χ0v) is 12.0. The quantitative estimate of drug-likeness (QED) is 0.909. The molecule has 4 nitrogen and oxygen atoms in total. The minimum Gasteiger partial charge on any atom is -0.385 e. The fourth-order valence-electron chi connectivity index (χ4n) is 2.17. The van der Waals surface area contributed by atoms with E-state index >= 15 is 0 Å². The van der Waals surface area contributed by atoms with Gasteiger partial charge in [0.25, 0.3) is 5.91 Å². The number of carbonyl (C=O) groups is 1. The molecule has 1 amide bonds. The average Bonchev–Trinajstić information content (AvgIpc) is 3.19. The third-order valence-electron chi connectivity index (χ3n) is 3.24. The van der Waals surface area contributed by atoms with E-state index in [1.165, 1.54) is 6.20 Å². The molecule has 116 valence electrons. The Morgan fingerprint density at radius 3 is 2.67 bits per heavy atom. The number of aryl methyl sites for hydroxylation is 1. The molecule has 1 aromatic rings. The maximum Gasteiger partial charge on any atom is 0.406 e. The van der Waals surface area contributed by atoms with Crippen LogP contribution in [0.3, 0.4) is 0 Å². The van der Waals surface area contributed by atoms with E-state index in [0.29, 0.717) is 30.8 Å². The lowest BCUT2D eigenvalue weighted by atomic mass is 10.1. The molecule has 0 spiro atoms. The first-order valence-corrected chi connectivity index (χ1v) is 6.90. The average molecular weight is 301 g/mol. The van der Waals surface area contributed by atoms with Crippen LogP contribution in [0.2, 0.25) is 0 Å². The molecule has 2 rings (SSSR count). The van der Waals surface area contributed by atoms with E-state index < -0.39 is 18.6 Å². The summed E-state index contributed by atoms with van der Waals surface area (Å²) >= 11 is 0. The summed E-state index contributed by atoms with van der Waals surface area (Å²) in [6.07, 6.45) is -1.80. The summed E-state index contributed by atoms with van der Waals surface area (Å²) in [6, 6.07) is 1.37. The molecule has 0 bridgehead atoms. The second kappa shape index (κ2) is 5.91. The van der Waals surface area contributed by atoms with Gasteiger partial charge in [-0.15, -0.1) is 0 Å². The van der Waals surface area contributed by atoms with Crippen molar-refractivity contribution in [3.05, 3.63) is 23.5 Å². The third kappa shape index (κ3) is 4.09. The summed E-state index contributed by atoms with van der Waals surface area (Å²) in [5.74, 6) is -0.613. The van der Waals surface area contributed by atoms with E-state index in [2.05, 4.69) is 10.3 Å². The lowest BCUT2D eigenvalue weighted by Crippen LogP contribution is -2.40. The molecular weight excluding hydrogens is 283 g/mol. The van der Waals surface area contributed by atoms with Crippen LogP contribution in [0.4, 0.5) is 18.9 Å². The SMILES string of the molecule is CCNc1cc(C)ncc1C(=O)N(CC(F)(F)F)C1CC1. The second-order valence-electron chi connectivity index (χ2n) is 5.18. The molecule has 0 unspecified atom stereocenters. The van der Waals surface area contributed by atoms with Crippen molar-refractivity contribution in [3.63, 3.8) is 0 Å². The molecule has 0 radical (unpaired) electrons. The Bertz CT molecular complexity index is 527. The van der Waals surface area contributed by atoms with E-state index in [4.69, 9.17) is 0 Å². The highest BCUT2D eigenvalue weighted by Gasteiger charge is 2.41. The molecule has 1 fully saturated rings. The van der Waals surface area contributed by atoms with Gasteiger partial charge in [-0.1, -0.05) is 0 Å². The van der Waals surface area contributed by atoms with E-state index in [1.807, 2.05) is 6.92 Å². The van der Waals surface area contributed by atoms with Crippen LogP contribution in [-0.4, -0.2) is 41.1 Å². The Hall–Kier alpha value is -1.79. The van der Waals surface area contributed by atoms with Gasteiger partial charge in [0, 0.05) is 24.5 Å². The van der Waals surface area contributed by atoms with E-state index in [9.17, 15) is 18.0 Å². The molecule has 1 aromatic heterocycles. The lowest BCUT2D eigenvalue weighted by molar-refractivity contribution is -0.141. The second-order valence-corrected chi connectivity index (χ2v) is 5.18. The molecule has 1 N–H and O–H groups in total. The third-order valence-corrected chi connectivity index (χ3v) is 3.24. The number of nitrogens with one attached hydrogen (secondary N) is 1. The number of alkyl halides is 3. The molecule has 0 aromatic carbocycles. The van der Waals surface area contributed by atoms with Gasteiger partial charge < -0.3 is 10.2 Å². The van der Waals surface area contributed by atoms with E-state index in [0.717, 1.165) is 4.90 Å². The van der Waals surface area contributed by atoms with Crippen molar-refractivity contribution in [2.45, 2.75) is 38.9 Å². The first-order valence-electron chi connectivity index (χ1n) is 6.90. The summed E-state index contributed by atoms with van der Waals surface area (Å²) < 4.78 is 38.0. The molecule has 0 saturated heterocycles. The number of aromatic nitrogens is 1. The number of rotatable bonds is 5. The predicted octanol–water partition coefficient (Wildman–Crippen LogP) is 2.99. The summed E-state index contributed by atoms with van der Waals surface area (Å²) in [6.45, 7) is 2.99. The van der Waals surface area contributed by atoms with Crippen LogP contribution in [0.25, 0.3) is 0 Å². The van der Waals surface area contributed by atoms with Gasteiger partial charge in [0.2, 0.25) is 0 Å². The van der Waals surface area contributed by atoms with Crippen LogP contribution in [0.5, 0.6) is 0 Å². The largest absolute Gasteiger partial charge is 0.406 e. The van der Waals surface area contributed by atoms with Gasteiger partial charge in [0.1, 0.15) is 6.54 Å². The number of carbonyl (C=O) groups excluding carboxylic acids is 1. The topological polar surface area (TPSA) is 45.2 Å². The van der Waals surface area contributed by atoms with Gasteiger partial charge in [-0.25, -0.2) is 0 Å². The van der Waals surface area contributed by atoms with Crippen molar-refractivity contribution < 1.29 is 18.0 Å². The maximum absolute atomic E-state index is 12.7. The molecule has 21 heavy (non-hydrogen) atoms. The predicted molar refractivity (Wildman–Crippen MR) is 73.3 cm³/mol. The highest BCUT2D eigenvalue weighted by atomic mass is 19.4. The molecule has 1 aliphatic rings. The fraction of sp³-hybridized carbons (Fsp3) is 0.571. The summed E-state index contributed by atoms with van der Waals surface area (Å²) in [5.41, 5.74) is 1.43. The number of hydrogen-bond donors (Lipinski definition) is 1. The molecule has 7 heteroatoms. The van der Waals surface area contributed by atoms with Crippen LogP contribution in [0, 0.1) is 6.92 Å². The van der Waals surface area contributed by atoms with Crippen LogP contribution in [0.15, 0.2) is 12.3 Å². The lowest BCUT2D eigenvalue weighted by Gasteiger charge is -2.25. The number of amides is 1. The first-order chi connectivity index (χ1) is 9.81. The fourth-order valence-corrected chi connectivity index (χ4v) is 2.17. The zero-order valence-electron chi connectivity index (χ0n) is 12.0. The van der Waals surface area contributed by atoms with Gasteiger partial charge in [0.05, 0.1) is 11.3 Å². The number of hydrogen-bond acceptors (Lipinski definition) is 3.